The van der Waals surface area contributed by atoms with Gasteiger partial charge in [0, 0.05) is 13.0 Å². The average Bonchev–Trinajstić information content (AvgIpc) is 2.26. The van der Waals surface area contributed by atoms with Gasteiger partial charge in [-0.2, -0.15) is 0 Å². The molecule has 0 saturated heterocycles. The van der Waals surface area contributed by atoms with Crippen molar-refractivity contribution in [3.8, 4) is 0 Å². The van der Waals surface area contributed by atoms with Crippen LogP contribution in [0.3, 0.4) is 0 Å². The highest BCUT2D eigenvalue weighted by molar-refractivity contribution is 5.79. The minimum absolute atomic E-state index is 0.323. The molecule has 0 aromatic rings. The standard InChI is InChI=1S/C13H29N3O/c1-11(2)5-8-16(9-6-12(3)4)10-7-13(14)15-17/h11-12,17H,5-10H2,1-4H3,(H2,14,15). The molecule has 0 fully saturated rings. The fraction of sp³-hybridized carbons (Fsp3) is 0.923. The first-order valence-corrected chi connectivity index (χ1v) is 6.64. The van der Waals surface area contributed by atoms with E-state index in [0.717, 1.165) is 31.5 Å². The molecular weight excluding hydrogens is 214 g/mol. The molecule has 0 aliphatic rings. The number of oxime groups is 1. The van der Waals surface area contributed by atoms with Crippen LogP contribution in [0.4, 0.5) is 0 Å². The fourth-order valence-electron chi connectivity index (χ4n) is 1.54. The summed E-state index contributed by atoms with van der Waals surface area (Å²) in [6.07, 6.45) is 3.05. The van der Waals surface area contributed by atoms with E-state index in [9.17, 15) is 0 Å². The molecule has 0 saturated carbocycles. The van der Waals surface area contributed by atoms with Gasteiger partial charge >= 0.3 is 0 Å². The smallest absolute Gasteiger partial charge is 0.140 e. The van der Waals surface area contributed by atoms with Crippen LogP contribution < -0.4 is 5.73 Å². The Balaban J connectivity index is 4.00. The lowest BCUT2D eigenvalue weighted by Gasteiger charge is -2.23. The summed E-state index contributed by atoms with van der Waals surface area (Å²) in [5, 5.41) is 11.5. The van der Waals surface area contributed by atoms with Crippen molar-refractivity contribution in [2.45, 2.75) is 47.0 Å². The normalized spacial score (nSPS) is 13.0. The summed E-state index contributed by atoms with van der Waals surface area (Å²) >= 11 is 0. The molecular formula is C13H29N3O. The lowest BCUT2D eigenvalue weighted by molar-refractivity contribution is 0.247. The summed E-state index contributed by atoms with van der Waals surface area (Å²) in [6.45, 7) is 12.0. The molecule has 3 N–H and O–H groups in total. The monoisotopic (exact) mass is 243 g/mol. The van der Waals surface area contributed by atoms with E-state index in [1.165, 1.54) is 12.8 Å². The maximum atomic E-state index is 8.53. The highest BCUT2D eigenvalue weighted by Crippen LogP contribution is 2.07. The Hall–Kier alpha value is -0.770. The van der Waals surface area contributed by atoms with Crippen LogP contribution in [0.2, 0.25) is 0 Å². The van der Waals surface area contributed by atoms with Crippen molar-refractivity contribution < 1.29 is 5.21 Å². The van der Waals surface area contributed by atoms with Gasteiger partial charge in [0.25, 0.3) is 0 Å². The van der Waals surface area contributed by atoms with E-state index in [2.05, 4.69) is 37.8 Å². The number of nitrogens with zero attached hydrogens (tertiary/aromatic N) is 2. The number of rotatable bonds is 9. The third kappa shape index (κ3) is 10.1. The van der Waals surface area contributed by atoms with Crippen molar-refractivity contribution in [1.29, 1.82) is 0 Å². The van der Waals surface area contributed by atoms with Crippen molar-refractivity contribution in [1.82, 2.24) is 4.90 Å². The van der Waals surface area contributed by atoms with Gasteiger partial charge in [0.15, 0.2) is 0 Å². The first-order chi connectivity index (χ1) is 7.95. The molecule has 0 aliphatic heterocycles. The second-order valence-corrected chi connectivity index (χ2v) is 5.55. The Bertz CT molecular complexity index is 203. The molecule has 0 rings (SSSR count). The number of amidine groups is 1. The molecule has 0 atom stereocenters. The topological polar surface area (TPSA) is 61.8 Å². The van der Waals surface area contributed by atoms with Crippen LogP contribution in [0.1, 0.15) is 47.0 Å². The van der Waals surface area contributed by atoms with Crippen molar-refractivity contribution in [2.75, 3.05) is 19.6 Å². The van der Waals surface area contributed by atoms with Gasteiger partial charge in [0.05, 0.1) is 0 Å². The van der Waals surface area contributed by atoms with E-state index >= 15 is 0 Å². The molecule has 0 bridgehead atoms. The van der Waals surface area contributed by atoms with Gasteiger partial charge in [-0.25, -0.2) is 0 Å². The van der Waals surface area contributed by atoms with Gasteiger partial charge in [-0.3, -0.25) is 0 Å². The summed E-state index contributed by atoms with van der Waals surface area (Å²) < 4.78 is 0. The van der Waals surface area contributed by atoms with E-state index in [1.807, 2.05) is 0 Å². The molecule has 4 heteroatoms. The van der Waals surface area contributed by atoms with E-state index in [-0.39, 0.29) is 0 Å². The zero-order valence-electron chi connectivity index (χ0n) is 11.8. The van der Waals surface area contributed by atoms with Gasteiger partial charge < -0.3 is 15.8 Å². The van der Waals surface area contributed by atoms with E-state index < -0.39 is 0 Å². The second kappa shape index (κ2) is 9.28. The summed E-state index contributed by atoms with van der Waals surface area (Å²) in [5.41, 5.74) is 5.51. The Morgan fingerprint density at radius 3 is 1.88 bits per heavy atom. The maximum Gasteiger partial charge on any atom is 0.140 e. The molecule has 0 radical (unpaired) electrons. The van der Waals surface area contributed by atoms with Gasteiger partial charge in [-0.1, -0.05) is 32.9 Å². The predicted molar refractivity (Wildman–Crippen MR) is 73.4 cm³/mol. The Morgan fingerprint density at radius 2 is 1.53 bits per heavy atom. The first-order valence-electron chi connectivity index (χ1n) is 6.64. The average molecular weight is 243 g/mol. The van der Waals surface area contributed by atoms with Gasteiger partial charge in [0.1, 0.15) is 5.84 Å². The molecule has 0 heterocycles. The summed E-state index contributed by atoms with van der Waals surface area (Å²) in [6, 6.07) is 0. The lowest BCUT2D eigenvalue weighted by Crippen LogP contribution is -2.31. The van der Waals surface area contributed by atoms with Crippen molar-refractivity contribution in [2.24, 2.45) is 22.7 Å². The highest BCUT2D eigenvalue weighted by atomic mass is 16.4. The molecule has 17 heavy (non-hydrogen) atoms. The van der Waals surface area contributed by atoms with Crippen LogP contribution in [0, 0.1) is 11.8 Å². The largest absolute Gasteiger partial charge is 0.409 e. The van der Waals surface area contributed by atoms with Crippen LogP contribution in [0.5, 0.6) is 0 Å². The predicted octanol–water partition coefficient (Wildman–Crippen LogP) is 2.52. The third-order valence-electron chi connectivity index (χ3n) is 2.86. The first kappa shape index (κ1) is 16.2. The van der Waals surface area contributed by atoms with Crippen LogP contribution in [-0.2, 0) is 0 Å². The third-order valence-corrected chi connectivity index (χ3v) is 2.86. The lowest BCUT2D eigenvalue weighted by atomic mass is 10.1. The van der Waals surface area contributed by atoms with E-state index in [1.54, 1.807) is 0 Å². The van der Waals surface area contributed by atoms with Crippen molar-refractivity contribution >= 4 is 5.84 Å². The minimum atomic E-state index is 0.323. The maximum absolute atomic E-state index is 8.53. The molecule has 4 nitrogen and oxygen atoms in total. The summed E-state index contributed by atoms with van der Waals surface area (Å²) in [4.78, 5) is 2.41. The molecule has 0 spiro atoms. The molecule has 0 aromatic heterocycles. The number of hydrogen-bond donors (Lipinski definition) is 2. The summed E-state index contributed by atoms with van der Waals surface area (Å²) in [5.74, 6) is 1.77. The Kier molecular flexibility index (Phi) is 8.86. The minimum Gasteiger partial charge on any atom is -0.409 e. The highest BCUT2D eigenvalue weighted by Gasteiger charge is 2.08. The molecule has 0 aliphatic carbocycles. The van der Waals surface area contributed by atoms with Crippen LogP contribution in [0.25, 0.3) is 0 Å². The van der Waals surface area contributed by atoms with E-state index in [0.29, 0.717) is 12.3 Å². The van der Waals surface area contributed by atoms with Crippen LogP contribution in [0.15, 0.2) is 5.16 Å². The number of hydrogen-bond acceptors (Lipinski definition) is 3. The van der Waals surface area contributed by atoms with Crippen LogP contribution >= 0.6 is 0 Å². The van der Waals surface area contributed by atoms with Crippen molar-refractivity contribution in [3.63, 3.8) is 0 Å². The van der Waals surface area contributed by atoms with Gasteiger partial charge in [-0.05, 0) is 37.8 Å². The molecule has 0 amide bonds. The van der Waals surface area contributed by atoms with Crippen LogP contribution in [-0.4, -0.2) is 35.6 Å². The summed E-state index contributed by atoms with van der Waals surface area (Å²) in [7, 11) is 0. The SMILES string of the molecule is CC(C)CCN(CCC(N)=NO)CCC(C)C. The fourth-order valence-corrected chi connectivity index (χ4v) is 1.54. The Labute approximate surface area is 106 Å². The van der Waals surface area contributed by atoms with Gasteiger partial charge in [0.2, 0.25) is 0 Å². The van der Waals surface area contributed by atoms with Crippen molar-refractivity contribution in [3.05, 3.63) is 0 Å². The zero-order chi connectivity index (χ0) is 13.3. The quantitative estimate of drug-likeness (QED) is 0.283. The molecule has 0 aromatic carbocycles. The number of nitrogens with two attached hydrogens (primary N) is 1. The zero-order valence-corrected chi connectivity index (χ0v) is 11.8. The molecule has 0 unspecified atom stereocenters. The van der Waals surface area contributed by atoms with E-state index in [4.69, 9.17) is 10.9 Å². The van der Waals surface area contributed by atoms with Gasteiger partial charge in [-0.15, -0.1) is 0 Å². The molecule has 102 valence electrons. The second-order valence-electron chi connectivity index (χ2n) is 5.55. The Morgan fingerprint density at radius 1 is 1.06 bits per heavy atom.